The maximum atomic E-state index is 12.5. The zero-order chi connectivity index (χ0) is 20.1. The average molecular weight is 398 g/mol. The van der Waals surface area contributed by atoms with Crippen molar-refractivity contribution in [3.05, 3.63) is 65.9 Å². The van der Waals surface area contributed by atoms with Crippen LogP contribution in [0.5, 0.6) is 0 Å². The number of benzene rings is 2. The van der Waals surface area contributed by atoms with Crippen LogP contribution in [0, 0.1) is 0 Å². The van der Waals surface area contributed by atoms with E-state index in [1.807, 2.05) is 0 Å². The summed E-state index contributed by atoms with van der Waals surface area (Å²) in [5.41, 5.74) is 2.38. The van der Waals surface area contributed by atoms with Crippen molar-refractivity contribution < 1.29 is 18.0 Å². The first-order valence-electron chi connectivity index (χ1n) is 9.08. The van der Waals surface area contributed by atoms with Crippen molar-refractivity contribution in [1.29, 1.82) is 0 Å². The molecular weight excluding hydrogens is 376 g/mol. The molecular formula is C21H22N2O4S. The lowest BCUT2D eigenvalue weighted by Gasteiger charge is -2.13. The predicted molar refractivity (Wildman–Crippen MR) is 109 cm³/mol. The summed E-state index contributed by atoms with van der Waals surface area (Å²) in [6.45, 7) is 1.45. The average Bonchev–Trinajstić information content (AvgIpc) is 2.68. The zero-order valence-corrected chi connectivity index (χ0v) is 16.4. The SMILES string of the molecule is CC(=O)c1ccc(NS(=O)(=O)c2ccc(NC=C3CCCCC3=O)cc2)cc1. The van der Waals surface area contributed by atoms with Crippen molar-refractivity contribution in [3.8, 4) is 0 Å². The number of sulfonamides is 1. The van der Waals surface area contributed by atoms with Gasteiger partial charge in [-0.05, 0) is 74.7 Å². The third-order valence-corrected chi connectivity index (χ3v) is 5.98. The number of hydrogen-bond donors (Lipinski definition) is 2. The molecule has 146 valence electrons. The van der Waals surface area contributed by atoms with Crippen LogP contribution in [0.15, 0.2) is 65.2 Å². The Kier molecular flexibility index (Phi) is 5.94. The van der Waals surface area contributed by atoms with Gasteiger partial charge in [-0.1, -0.05) is 0 Å². The quantitative estimate of drug-likeness (QED) is 0.564. The van der Waals surface area contributed by atoms with Crippen molar-refractivity contribution in [2.45, 2.75) is 37.5 Å². The van der Waals surface area contributed by atoms with Gasteiger partial charge in [0.1, 0.15) is 0 Å². The molecule has 0 radical (unpaired) electrons. The zero-order valence-electron chi connectivity index (χ0n) is 15.6. The standard InChI is InChI=1S/C21H22N2O4S/c1-15(24)16-6-8-19(9-7-16)23-28(26,27)20-12-10-18(11-13-20)22-14-17-4-2-3-5-21(17)25/h6-14,22-23H,2-5H2,1H3. The van der Waals surface area contributed by atoms with Gasteiger partial charge in [-0.15, -0.1) is 0 Å². The molecule has 0 bridgehead atoms. The maximum Gasteiger partial charge on any atom is 0.261 e. The van der Waals surface area contributed by atoms with Gasteiger partial charge in [0.2, 0.25) is 0 Å². The van der Waals surface area contributed by atoms with Crippen molar-refractivity contribution in [3.63, 3.8) is 0 Å². The monoisotopic (exact) mass is 398 g/mol. The predicted octanol–water partition coefficient (Wildman–Crippen LogP) is 4.13. The van der Waals surface area contributed by atoms with E-state index in [1.54, 1.807) is 42.6 Å². The van der Waals surface area contributed by atoms with E-state index in [9.17, 15) is 18.0 Å². The molecule has 0 unspecified atom stereocenters. The summed E-state index contributed by atoms with van der Waals surface area (Å²) in [7, 11) is -3.74. The summed E-state index contributed by atoms with van der Waals surface area (Å²) < 4.78 is 27.5. The highest BCUT2D eigenvalue weighted by Gasteiger charge is 2.16. The number of hydrogen-bond acceptors (Lipinski definition) is 5. The Labute approximate surface area is 164 Å². The summed E-state index contributed by atoms with van der Waals surface area (Å²) in [5.74, 6) is 0.0836. The fourth-order valence-electron chi connectivity index (χ4n) is 2.94. The molecule has 1 aliphatic rings. The third kappa shape index (κ3) is 4.86. The molecule has 0 aliphatic heterocycles. The Hall–Kier alpha value is -2.93. The van der Waals surface area contributed by atoms with Crippen molar-refractivity contribution in [2.75, 3.05) is 10.0 Å². The molecule has 1 fully saturated rings. The molecule has 28 heavy (non-hydrogen) atoms. The van der Waals surface area contributed by atoms with Crippen LogP contribution in [-0.2, 0) is 14.8 Å². The maximum absolute atomic E-state index is 12.5. The Morgan fingerprint density at radius 1 is 0.929 bits per heavy atom. The second-order valence-corrected chi connectivity index (χ2v) is 8.39. The molecule has 6 nitrogen and oxygen atoms in total. The normalized spacial score (nSPS) is 16.0. The van der Waals surface area contributed by atoms with E-state index < -0.39 is 10.0 Å². The smallest absolute Gasteiger partial charge is 0.261 e. The lowest BCUT2D eigenvalue weighted by Crippen LogP contribution is -2.13. The topological polar surface area (TPSA) is 92.3 Å². The summed E-state index contributed by atoms with van der Waals surface area (Å²) in [6.07, 6.45) is 5.01. The molecule has 0 aromatic heterocycles. The highest BCUT2D eigenvalue weighted by atomic mass is 32.2. The molecule has 2 aromatic carbocycles. The fraction of sp³-hybridized carbons (Fsp3) is 0.238. The Bertz CT molecular complexity index is 1010. The van der Waals surface area contributed by atoms with Gasteiger partial charge < -0.3 is 5.32 Å². The fourth-order valence-corrected chi connectivity index (χ4v) is 4.00. The van der Waals surface area contributed by atoms with Crippen LogP contribution in [0.1, 0.15) is 43.0 Å². The highest BCUT2D eigenvalue weighted by Crippen LogP contribution is 2.21. The molecule has 0 heterocycles. The summed E-state index contributed by atoms with van der Waals surface area (Å²) in [6, 6.07) is 12.6. The van der Waals surface area contributed by atoms with Crippen LogP contribution < -0.4 is 10.0 Å². The van der Waals surface area contributed by atoms with Gasteiger partial charge in [0.05, 0.1) is 4.90 Å². The number of rotatable bonds is 6. The van der Waals surface area contributed by atoms with Gasteiger partial charge in [0.25, 0.3) is 10.0 Å². The van der Waals surface area contributed by atoms with Gasteiger partial charge >= 0.3 is 0 Å². The van der Waals surface area contributed by atoms with Crippen LogP contribution in [0.3, 0.4) is 0 Å². The second-order valence-electron chi connectivity index (χ2n) is 6.71. The van der Waals surface area contributed by atoms with E-state index in [2.05, 4.69) is 10.0 Å². The first-order valence-corrected chi connectivity index (χ1v) is 10.6. The van der Waals surface area contributed by atoms with Crippen molar-refractivity contribution >= 4 is 33.0 Å². The van der Waals surface area contributed by atoms with Crippen LogP contribution in [0.2, 0.25) is 0 Å². The van der Waals surface area contributed by atoms with Crippen molar-refractivity contribution in [2.24, 2.45) is 0 Å². The Balaban J connectivity index is 1.68. The van der Waals surface area contributed by atoms with Crippen LogP contribution >= 0.6 is 0 Å². The minimum absolute atomic E-state index is 0.0811. The van der Waals surface area contributed by atoms with E-state index >= 15 is 0 Å². The number of allylic oxidation sites excluding steroid dienone is 1. The highest BCUT2D eigenvalue weighted by molar-refractivity contribution is 7.92. The molecule has 7 heteroatoms. The first kappa shape index (κ1) is 19.8. The lowest BCUT2D eigenvalue weighted by atomic mass is 9.94. The molecule has 0 spiro atoms. The van der Waals surface area contributed by atoms with E-state index in [-0.39, 0.29) is 16.5 Å². The van der Waals surface area contributed by atoms with Crippen LogP contribution in [0.4, 0.5) is 11.4 Å². The number of carbonyl (C=O) groups excluding carboxylic acids is 2. The molecule has 2 aromatic rings. The minimum Gasteiger partial charge on any atom is -0.361 e. The van der Waals surface area contributed by atoms with E-state index in [0.29, 0.717) is 23.4 Å². The minimum atomic E-state index is -3.74. The number of anilines is 2. The van der Waals surface area contributed by atoms with Crippen LogP contribution in [-0.4, -0.2) is 20.0 Å². The molecule has 0 atom stereocenters. The van der Waals surface area contributed by atoms with E-state index in [0.717, 1.165) is 24.8 Å². The molecule has 1 saturated carbocycles. The van der Waals surface area contributed by atoms with E-state index in [1.165, 1.54) is 19.1 Å². The van der Waals surface area contributed by atoms with Gasteiger partial charge in [-0.2, -0.15) is 0 Å². The Morgan fingerprint density at radius 2 is 1.54 bits per heavy atom. The van der Waals surface area contributed by atoms with E-state index in [4.69, 9.17) is 0 Å². The third-order valence-electron chi connectivity index (χ3n) is 4.58. The Morgan fingerprint density at radius 3 is 2.14 bits per heavy atom. The van der Waals surface area contributed by atoms with Gasteiger partial charge in [-0.3, -0.25) is 14.3 Å². The van der Waals surface area contributed by atoms with Gasteiger partial charge in [-0.25, -0.2) is 8.42 Å². The molecule has 0 saturated heterocycles. The molecule has 2 N–H and O–H groups in total. The first-order chi connectivity index (χ1) is 13.3. The number of ketones is 2. The van der Waals surface area contributed by atoms with Gasteiger partial charge in [0, 0.05) is 35.1 Å². The molecule has 1 aliphatic carbocycles. The van der Waals surface area contributed by atoms with Crippen molar-refractivity contribution in [1.82, 2.24) is 0 Å². The van der Waals surface area contributed by atoms with Crippen LogP contribution in [0.25, 0.3) is 0 Å². The summed E-state index contributed by atoms with van der Waals surface area (Å²) in [4.78, 5) is 23.2. The summed E-state index contributed by atoms with van der Waals surface area (Å²) in [5, 5.41) is 3.06. The number of nitrogens with one attached hydrogen (secondary N) is 2. The number of carbonyl (C=O) groups is 2. The summed E-state index contributed by atoms with van der Waals surface area (Å²) >= 11 is 0. The molecule has 3 rings (SSSR count). The second kappa shape index (κ2) is 8.39. The molecule has 0 amide bonds. The number of Topliss-reactive ketones (excluding diaryl/α,β-unsaturated/α-hetero) is 2. The largest absolute Gasteiger partial charge is 0.361 e. The lowest BCUT2D eigenvalue weighted by molar-refractivity contribution is -0.116. The van der Waals surface area contributed by atoms with Gasteiger partial charge in [0.15, 0.2) is 11.6 Å².